The standard InChI is InChI=1S/C16H10N6OS/c23-15-13-14(21-16(24)22-15)20-12(10-6-2-4-8-18-10)11(19-13)9-5-1-3-7-17-9/h1-8H,(H2,20,21,22,23,24). The highest BCUT2D eigenvalue weighted by atomic mass is 32.1. The molecule has 0 spiro atoms. The number of hydrogen-bond acceptors (Lipinski definition) is 6. The van der Waals surface area contributed by atoms with Crippen LogP contribution in [-0.2, 0) is 0 Å². The van der Waals surface area contributed by atoms with Crippen LogP contribution in [0.2, 0.25) is 0 Å². The lowest BCUT2D eigenvalue weighted by molar-refractivity contribution is 1.08. The first-order valence-electron chi connectivity index (χ1n) is 7.09. The molecule has 0 saturated heterocycles. The fraction of sp³-hybridized carbons (Fsp3) is 0. The van der Waals surface area contributed by atoms with E-state index in [2.05, 4.69) is 29.9 Å². The van der Waals surface area contributed by atoms with Crippen LogP contribution in [-0.4, -0.2) is 29.9 Å². The summed E-state index contributed by atoms with van der Waals surface area (Å²) in [5, 5.41) is 0. The van der Waals surface area contributed by atoms with Gasteiger partial charge in [-0.3, -0.25) is 19.7 Å². The lowest BCUT2D eigenvalue weighted by Crippen LogP contribution is -2.12. The van der Waals surface area contributed by atoms with Gasteiger partial charge in [-0.25, -0.2) is 9.97 Å². The number of nitrogens with zero attached hydrogens (tertiary/aromatic N) is 4. The van der Waals surface area contributed by atoms with Gasteiger partial charge in [-0.2, -0.15) is 0 Å². The minimum Gasteiger partial charge on any atom is -0.315 e. The maximum absolute atomic E-state index is 12.2. The number of pyridine rings is 2. The van der Waals surface area contributed by atoms with Gasteiger partial charge in [0.25, 0.3) is 5.56 Å². The number of rotatable bonds is 2. The summed E-state index contributed by atoms with van der Waals surface area (Å²) >= 11 is 5.01. The largest absolute Gasteiger partial charge is 0.315 e. The maximum atomic E-state index is 12.2. The molecule has 4 aromatic rings. The summed E-state index contributed by atoms with van der Waals surface area (Å²) in [7, 11) is 0. The Morgan fingerprint density at radius 1 is 0.833 bits per heavy atom. The smallest absolute Gasteiger partial charge is 0.279 e. The van der Waals surface area contributed by atoms with Gasteiger partial charge < -0.3 is 4.98 Å². The van der Waals surface area contributed by atoms with E-state index in [0.29, 0.717) is 28.4 Å². The minimum absolute atomic E-state index is 0.170. The molecule has 4 heterocycles. The molecule has 24 heavy (non-hydrogen) atoms. The van der Waals surface area contributed by atoms with Crippen LogP contribution in [0.3, 0.4) is 0 Å². The summed E-state index contributed by atoms with van der Waals surface area (Å²) in [6, 6.07) is 11.0. The molecule has 0 aliphatic heterocycles. The number of nitrogens with one attached hydrogen (secondary N) is 2. The third-order valence-corrected chi connectivity index (χ3v) is 3.59. The van der Waals surface area contributed by atoms with E-state index in [1.54, 1.807) is 12.4 Å². The van der Waals surface area contributed by atoms with Crippen molar-refractivity contribution >= 4 is 23.4 Å². The van der Waals surface area contributed by atoms with Gasteiger partial charge >= 0.3 is 0 Å². The highest BCUT2D eigenvalue weighted by molar-refractivity contribution is 7.71. The quantitative estimate of drug-likeness (QED) is 0.546. The molecule has 2 N–H and O–H groups in total. The number of hydrogen-bond donors (Lipinski definition) is 2. The van der Waals surface area contributed by atoms with Crippen LogP contribution in [0, 0.1) is 4.77 Å². The molecule has 0 saturated carbocycles. The number of aromatic amines is 2. The highest BCUT2D eigenvalue weighted by Gasteiger charge is 2.16. The Kier molecular flexibility index (Phi) is 3.43. The minimum atomic E-state index is -0.397. The molecule has 4 rings (SSSR count). The van der Waals surface area contributed by atoms with E-state index in [9.17, 15) is 4.79 Å². The molecule has 0 aromatic carbocycles. The van der Waals surface area contributed by atoms with Crippen molar-refractivity contribution in [2.45, 2.75) is 0 Å². The van der Waals surface area contributed by atoms with Crippen molar-refractivity contribution in [2.24, 2.45) is 0 Å². The Bertz CT molecular complexity index is 1140. The summed E-state index contributed by atoms with van der Waals surface area (Å²) in [6.45, 7) is 0. The molecule has 116 valence electrons. The summed E-state index contributed by atoms with van der Waals surface area (Å²) < 4.78 is 0.194. The normalized spacial score (nSPS) is 10.8. The van der Waals surface area contributed by atoms with Gasteiger partial charge in [-0.05, 0) is 36.5 Å². The van der Waals surface area contributed by atoms with Gasteiger partial charge in [0, 0.05) is 12.4 Å². The molecule has 0 bridgehead atoms. The van der Waals surface area contributed by atoms with Gasteiger partial charge in [0.15, 0.2) is 15.9 Å². The van der Waals surface area contributed by atoms with Crippen LogP contribution in [0.25, 0.3) is 33.9 Å². The SMILES string of the molecule is O=c1[nH]c(=S)[nH]c2nc(-c3ccccn3)c(-c3ccccn3)nc12. The first-order valence-corrected chi connectivity index (χ1v) is 7.50. The zero-order valence-electron chi connectivity index (χ0n) is 12.2. The van der Waals surface area contributed by atoms with Gasteiger partial charge in [-0.15, -0.1) is 0 Å². The third-order valence-electron chi connectivity index (χ3n) is 3.38. The second-order valence-corrected chi connectivity index (χ2v) is 5.36. The van der Waals surface area contributed by atoms with Crippen LogP contribution >= 0.6 is 12.2 Å². The predicted octanol–water partition coefficient (Wildman–Crippen LogP) is 2.50. The molecule has 0 aliphatic carbocycles. The lowest BCUT2D eigenvalue weighted by Gasteiger charge is -2.08. The van der Waals surface area contributed by atoms with Gasteiger partial charge in [-0.1, -0.05) is 12.1 Å². The molecule has 0 atom stereocenters. The monoisotopic (exact) mass is 334 g/mol. The Morgan fingerprint density at radius 2 is 1.46 bits per heavy atom. The Morgan fingerprint density at radius 3 is 2.04 bits per heavy atom. The molecule has 0 aliphatic rings. The molecule has 0 unspecified atom stereocenters. The average Bonchev–Trinajstić information content (AvgIpc) is 2.62. The van der Waals surface area contributed by atoms with Gasteiger partial charge in [0.05, 0.1) is 11.4 Å². The van der Waals surface area contributed by atoms with E-state index >= 15 is 0 Å². The Labute approximate surface area is 140 Å². The van der Waals surface area contributed by atoms with Gasteiger partial charge in [0.2, 0.25) is 0 Å². The van der Waals surface area contributed by atoms with Crippen molar-refractivity contribution in [3.8, 4) is 22.8 Å². The van der Waals surface area contributed by atoms with Crippen LogP contribution in [0.5, 0.6) is 0 Å². The van der Waals surface area contributed by atoms with Crippen molar-refractivity contribution in [3.63, 3.8) is 0 Å². The second-order valence-electron chi connectivity index (χ2n) is 4.96. The van der Waals surface area contributed by atoms with Crippen molar-refractivity contribution in [3.05, 3.63) is 63.9 Å². The molecule has 4 aromatic heterocycles. The summed E-state index contributed by atoms with van der Waals surface area (Å²) in [5.41, 5.74) is 2.33. The molecule has 0 amide bonds. The zero-order chi connectivity index (χ0) is 16.5. The van der Waals surface area contributed by atoms with Crippen molar-refractivity contribution < 1.29 is 0 Å². The average molecular weight is 334 g/mol. The fourth-order valence-corrected chi connectivity index (χ4v) is 2.53. The molecule has 0 fully saturated rings. The summed E-state index contributed by atoms with van der Waals surface area (Å²) in [6.07, 6.45) is 3.33. The van der Waals surface area contributed by atoms with Crippen molar-refractivity contribution in [1.82, 2.24) is 29.9 Å². The summed E-state index contributed by atoms with van der Waals surface area (Å²) in [4.78, 5) is 35.2. The van der Waals surface area contributed by atoms with E-state index in [0.717, 1.165) is 0 Å². The number of H-pyrrole nitrogens is 2. The fourth-order valence-electron chi connectivity index (χ4n) is 2.34. The first-order chi connectivity index (χ1) is 11.7. The topological polar surface area (TPSA) is 100 Å². The van der Waals surface area contributed by atoms with Crippen LogP contribution < -0.4 is 5.56 Å². The number of aromatic nitrogens is 6. The molecular formula is C16H10N6OS. The van der Waals surface area contributed by atoms with Gasteiger partial charge in [0.1, 0.15) is 11.4 Å². The van der Waals surface area contributed by atoms with Crippen LogP contribution in [0.4, 0.5) is 0 Å². The van der Waals surface area contributed by atoms with E-state index in [4.69, 9.17) is 12.2 Å². The van der Waals surface area contributed by atoms with E-state index in [1.165, 1.54) is 0 Å². The molecule has 7 nitrogen and oxygen atoms in total. The maximum Gasteiger partial charge on any atom is 0.279 e. The molecular weight excluding hydrogens is 324 g/mol. The number of fused-ring (bicyclic) bond motifs is 1. The Hall–Kier alpha value is -3.26. The van der Waals surface area contributed by atoms with Crippen LogP contribution in [0.15, 0.2) is 53.6 Å². The highest BCUT2D eigenvalue weighted by Crippen LogP contribution is 2.27. The predicted molar refractivity (Wildman–Crippen MR) is 91.8 cm³/mol. The second kappa shape index (κ2) is 5.74. The van der Waals surface area contributed by atoms with Crippen LogP contribution in [0.1, 0.15) is 0 Å². The first kappa shape index (κ1) is 14.3. The van der Waals surface area contributed by atoms with Crippen molar-refractivity contribution in [2.75, 3.05) is 0 Å². The van der Waals surface area contributed by atoms with E-state index in [1.807, 2.05) is 36.4 Å². The third kappa shape index (κ3) is 2.48. The Balaban J connectivity index is 2.12. The summed E-state index contributed by atoms with van der Waals surface area (Å²) in [5.74, 6) is 0. The van der Waals surface area contributed by atoms with Crippen molar-refractivity contribution in [1.29, 1.82) is 0 Å². The zero-order valence-corrected chi connectivity index (χ0v) is 13.0. The lowest BCUT2D eigenvalue weighted by atomic mass is 10.1. The van der Waals surface area contributed by atoms with E-state index < -0.39 is 5.56 Å². The molecule has 8 heteroatoms. The molecule has 0 radical (unpaired) electrons. The van der Waals surface area contributed by atoms with E-state index in [-0.39, 0.29) is 10.3 Å².